The maximum Gasteiger partial charge on any atom is 0.278 e. The van der Waals surface area contributed by atoms with Crippen molar-refractivity contribution in [3.63, 3.8) is 0 Å². The Bertz CT molecular complexity index is 1530. The molecule has 0 fully saturated rings. The van der Waals surface area contributed by atoms with Gasteiger partial charge in [-0.15, -0.1) is 0 Å². The van der Waals surface area contributed by atoms with Gasteiger partial charge >= 0.3 is 0 Å². The maximum absolute atomic E-state index is 13.5. The molecule has 3 aromatic heterocycles. The number of nitrogens with one attached hydrogen (secondary N) is 1. The third-order valence-corrected chi connectivity index (χ3v) is 5.47. The first-order valence-electron chi connectivity index (χ1n) is 10.7. The van der Waals surface area contributed by atoms with Crippen molar-refractivity contribution >= 4 is 33.5 Å². The molecule has 0 atom stereocenters. The highest BCUT2D eigenvalue weighted by Crippen LogP contribution is 2.26. The van der Waals surface area contributed by atoms with Crippen molar-refractivity contribution in [2.75, 3.05) is 5.32 Å². The zero-order valence-corrected chi connectivity index (χ0v) is 18.3. The molecule has 9 heteroatoms. The fraction of sp³-hybridized carbons (Fsp3) is 0.208. The molecule has 5 rings (SSSR count). The number of aromatic nitrogens is 5. The number of hydrogen-bond donors (Lipinski definition) is 1. The van der Waals surface area contributed by atoms with E-state index in [0.29, 0.717) is 34.9 Å². The molecule has 33 heavy (non-hydrogen) atoms. The van der Waals surface area contributed by atoms with Crippen LogP contribution in [0.5, 0.6) is 0 Å². The van der Waals surface area contributed by atoms with Gasteiger partial charge in [0.2, 0.25) is 11.8 Å². The van der Waals surface area contributed by atoms with Crippen LogP contribution < -0.4 is 10.9 Å². The minimum absolute atomic E-state index is 0.0283. The van der Waals surface area contributed by atoms with Crippen molar-refractivity contribution in [1.82, 2.24) is 24.3 Å². The monoisotopic (exact) mass is 442 g/mol. The number of fused-ring (bicyclic) bond motifs is 3. The molecule has 2 aromatic carbocycles. The van der Waals surface area contributed by atoms with E-state index in [0.717, 1.165) is 16.5 Å². The summed E-state index contributed by atoms with van der Waals surface area (Å²) in [5, 5.41) is 7.59. The first kappa shape index (κ1) is 20.6. The maximum atomic E-state index is 13.5. The van der Waals surface area contributed by atoms with Crippen LogP contribution in [-0.2, 0) is 24.3 Å². The normalized spacial score (nSPS) is 11.3. The van der Waals surface area contributed by atoms with Crippen LogP contribution in [0, 0.1) is 6.92 Å². The summed E-state index contributed by atoms with van der Waals surface area (Å²) >= 11 is 0. The van der Waals surface area contributed by atoms with Crippen LogP contribution in [-0.4, -0.2) is 30.2 Å². The zero-order chi connectivity index (χ0) is 22.9. The van der Waals surface area contributed by atoms with Gasteiger partial charge in [-0.3, -0.25) is 14.2 Å². The number of carbonyl (C=O) groups excluding carboxylic acids is 1. The lowest BCUT2D eigenvalue weighted by atomic mass is 10.1. The molecule has 1 amide bonds. The fourth-order valence-electron chi connectivity index (χ4n) is 3.90. The van der Waals surface area contributed by atoms with Crippen molar-refractivity contribution in [3.8, 4) is 0 Å². The van der Waals surface area contributed by atoms with Crippen LogP contribution in [0.3, 0.4) is 0 Å². The number of aryl methyl sites for hydroxylation is 2. The van der Waals surface area contributed by atoms with Gasteiger partial charge in [0.15, 0.2) is 5.82 Å². The zero-order valence-electron chi connectivity index (χ0n) is 18.3. The number of nitrogens with zero attached hydrogens (tertiary/aromatic N) is 5. The van der Waals surface area contributed by atoms with E-state index in [1.807, 2.05) is 62.4 Å². The molecule has 0 radical (unpaired) electrons. The van der Waals surface area contributed by atoms with Crippen molar-refractivity contribution in [2.45, 2.75) is 33.4 Å². The number of carbonyl (C=O) groups is 1. The first-order valence-corrected chi connectivity index (χ1v) is 10.7. The third kappa shape index (κ3) is 3.89. The summed E-state index contributed by atoms with van der Waals surface area (Å²) in [6.07, 6.45) is 2.12. The smallest absolute Gasteiger partial charge is 0.278 e. The second-order valence-electron chi connectivity index (χ2n) is 7.85. The quantitative estimate of drug-likeness (QED) is 0.432. The summed E-state index contributed by atoms with van der Waals surface area (Å²) in [5.41, 5.74) is 3.14. The molecule has 9 nitrogen and oxygen atoms in total. The Balaban J connectivity index is 1.60. The van der Waals surface area contributed by atoms with Gasteiger partial charge in [-0.2, -0.15) is 4.98 Å². The van der Waals surface area contributed by atoms with Crippen LogP contribution in [0.2, 0.25) is 0 Å². The van der Waals surface area contributed by atoms with Gasteiger partial charge in [-0.1, -0.05) is 41.9 Å². The van der Waals surface area contributed by atoms with Crippen LogP contribution >= 0.6 is 0 Å². The molecule has 1 N–H and O–H groups in total. The Morgan fingerprint density at radius 3 is 2.73 bits per heavy atom. The fourth-order valence-corrected chi connectivity index (χ4v) is 3.90. The highest BCUT2D eigenvalue weighted by Gasteiger charge is 2.19. The lowest BCUT2D eigenvalue weighted by Gasteiger charge is -2.09. The van der Waals surface area contributed by atoms with E-state index in [1.165, 1.54) is 10.9 Å². The van der Waals surface area contributed by atoms with Gasteiger partial charge in [0.1, 0.15) is 24.1 Å². The van der Waals surface area contributed by atoms with Crippen LogP contribution in [0.15, 0.2) is 64.2 Å². The summed E-state index contributed by atoms with van der Waals surface area (Å²) in [5.74, 6) is 0.671. The molecule has 0 bridgehead atoms. The van der Waals surface area contributed by atoms with Gasteiger partial charge in [-0.25, -0.2) is 4.98 Å². The Kier molecular flexibility index (Phi) is 5.21. The van der Waals surface area contributed by atoms with E-state index in [9.17, 15) is 9.59 Å². The average molecular weight is 442 g/mol. The number of hydrogen-bond acceptors (Lipinski definition) is 6. The molecule has 0 spiro atoms. The number of rotatable bonds is 6. The predicted octanol–water partition coefficient (Wildman–Crippen LogP) is 3.29. The minimum Gasteiger partial charge on any atom is -0.337 e. The lowest BCUT2D eigenvalue weighted by Crippen LogP contribution is -2.25. The van der Waals surface area contributed by atoms with E-state index in [4.69, 9.17) is 4.52 Å². The molecule has 0 aliphatic carbocycles. The summed E-state index contributed by atoms with van der Waals surface area (Å²) in [6, 6.07) is 15.1. The Morgan fingerprint density at radius 1 is 1.15 bits per heavy atom. The molecule has 5 aromatic rings. The van der Waals surface area contributed by atoms with E-state index in [-0.39, 0.29) is 24.6 Å². The van der Waals surface area contributed by atoms with Gasteiger partial charge in [0, 0.05) is 17.5 Å². The molecule has 166 valence electrons. The Labute approximate surface area is 188 Å². The van der Waals surface area contributed by atoms with E-state index in [2.05, 4.69) is 20.4 Å². The Morgan fingerprint density at radius 2 is 1.97 bits per heavy atom. The first-order chi connectivity index (χ1) is 16.0. The predicted molar refractivity (Wildman–Crippen MR) is 124 cm³/mol. The molecular weight excluding hydrogens is 420 g/mol. The van der Waals surface area contributed by atoms with Crippen LogP contribution in [0.25, 0.3) is 21.9 Å². The highest BCUT2D eigenvalue weighted by atomic mass is 16.5. The number of para-hydroxylation sites is 1. The average Bonchev–Trinajstić information content (AvgIpc) is 3.39. The molecular formula is C24H22N6O3. The standard InChI is InChI=1S/C24H22N6O3/c1-3-19-27-21(33-28-19)13-29-14-25-22-17-11-15(2)9-10-18(17)30(23(22)24(29)32)12-20(31)26-16-7-5-4-6-8-16/h4-11,14H,3,12-13H2,1-2H3,(H,26,31). The van der Waals surface area contributed by atoms with Crippen LogP contribution in [0.1, 0.15) is 24.2 Å². The number of benzene rings is 2. The van der Waals surface area contributed by atoms with E-state index >= 15 is 0 Å². The van der Waals surface area contributed by atoms with Crippen LogP contribution in [0.4, 0.5) is 5.69 Å². The van der Waals surface area contributed by atoms with Gasteiger partial charge in [0.25, 0.3) is 5.56 Å². The summed E-state index contributed by atoms with van der Waals surface area (Å²) in [7, 11) is 0. The molecule has 0 saturated carbocycles. The highest BCUT2D eigenvalue weighted by molar-refractivity contribution is 6.06. The topological polar surface area (TPSA) is 108 Å². The molecule has 0 saturated heterocycles. The number of amides is 1. The molecule has 0 aliphatic rings. The second kappa shape index (κ2) is 8.34. The van der Waals surface area contributed by atoms with Crippen molar-refractivity contribution < 1.29 is 9.32 Å². The summed E-state index contributed by atoms with van der Waals surface area (Å²) < 4.78 is 8.39. The minimum atomic E-state index is -0.280. The largest absolute Gasteiger partial charge is 0.337 e. The van der Waals surface area contributed by atoms with Gasteiger partial charge in [-0.05, 0) is 31.2 Å². The van der Waals surface area contributed by atoms with Gasteiger partial charge in [0.05, 0.1) is 11.8 Å². The Hall–Kier alpha value is -4.27. The van der Waals surface area contributed by atoms with Crippen molar-refractivity contribution in [1.29, 1.82) is 0 Å². The van der Waals surface area contributed by atoms with Crippen molar-refractivity contribution in [2.24, 2.45) is 0 Å². The SMILES string of the molecule is CCc1noc(Cn2cnc3c4cc(C)ccc4n(CC(=O)Nc4ccccc4)c3c2=O)n1. The lowest BCUT2D eigenvalue weighted by molar-refractivity contribution is -0.116. The summed E-state index contributed by atoms with van der Waals surface area (Å²) in [4.78, 5) is 35.2. The third-order valence-electron chi connectivity index (χ3n) is 5.47. The summed E-state index contributed by atoms with van der Waals surface area (Å²) in [6.45, 7) is 3.98. The molecule has 0 unspecified atom stereocenters. The molecule has 0 aliphatic heterocycles. The second-order valence-corrected chi connectivity index (χ2v) is 7.85. The van der Waals surface area contributed by atoms with E-state index in [1.54, 1.807) is 4.57 Å². The van der Waals surface area contributed by atoms with E-state index < -0.39 is 0 Å². The number of anilines is 1. The van der Waals surface area contributed by atoms with Crippen molar-refractivity contribution in [3.05, 3.63) is 82.5 Å². The van der Waals surface area contributed by atoms with Gasteiger partial charge < -0.3 is 14.4 Å². The molecule has 3 heterocycles.